The molecule has 9 nitrogen and oxygen atoms in total. The first-order chi connectivity index (χ1) is 20.8. The maximum Gasteiger partial charge on any atom is 0.358 e. The molecule has 0 unspecified atom stereocenters. The van der Waals surface area contributed by atoms with E-state index >= 15 is 0 Å². The van der Waals surface area contributed by atoms with Crippen molar-refractivity contribution in [2.45, 2.75) is 11.8 Å². The molecule has 4 aromatic carbocycles. The van der Waals surface area contributed by atoms with Gasteiger partial charge in [0.05, 0.1) is 22.9 Å². The van der Waals surface area contributed by atoms with Crippen molar-refractivity contribution in [3.8, 4) is 5.69 Å². The number of carbonyl (C=O) groups excluding carboxylic acids is 2. The molecule has 0 fully saturated rings. The molecular weight excluding hydrogens is 564 g/mol. The van der Waals surface area contributed by atoms with Crippen LogP contribution in [0.15, 0.2) is 126 Å². The van der Waals surface area contributed by atoms with Crippen LogP contribution in [0.4, 0.5) is 10.5 Å². The van der Waals surface area contributed by atoms with E-state index in [4.69, 9.17) is 4.74 Å². The van der Waals surface area contributed by atoms with Gasteiger partial charge in [-0.15, -0.1) is 0 Å². The molecule has 216 valence electrons. The van der Waals surface area contributed by atoms with E-state index in [1.807, 2.05) is 71.5 Å². The lowest BCUT2D eigenvalue weighted by Gasteiger charge is -2.13. The molecule has 2 amide bonds. The normalized spacial score (nSPS) is 11.5. The lowest BCUT2D eigenvalue weighted by molar-refractivity contribution is 0.0519. The lowest BCUT2D eigenvalue weighted by Crippen LogP contribution is -2.34. The molecule has 0 radical (unpaired) electrons. The first-order valence-electron chi connectivity index (χ1n) is 13.4. The second kappa shape index (κ2) is 13.0. The van der Waals surface area contributed by atoms with E-state index < -0.39 is 22.0 Å². The monoisotopic (exact) mass is 592 g/mol. The highest BCUT2D eigenvalue weighted by atomic mass is 32.2. The van der Waals surface area contributed by atoms with Crippen molar-refractivity contribution < 1.29 is 22.7 Å². The Hall–Kier alpha value is -5.48. The summed E-state index contributed by atoms with van der Waals surface area (Å²) < 4.78 is 34.7. The van der Waals surface area contributed by atoms with Gasteiger partial charge in [0.2, 0.25) is 0 Å². The first-order valence-corrected chi connectivity index (χ1v) is 14.9. The van der Waals surface area contributed by atoms with Crippen molar-refractivity contribution in [2.24, 2.45) is 0 Å². The summed E-state index contributed by atoms with van der Waals surface area (Å²) in [5.41, 5.74) is 4.24. The Morgan fingerprint density at radius 1 is 0.837 bits per heavy atom. The zero-order chi connectivity index (χ0) is 30.2. The van der Waals surface area contributed by atoms with Gasteiger partial charge in [-0.25, -0.2) is 27.4 Å². The number of ether oxygens (including phenoxy) is 1. The summed E-state index contributed by atoms with van der Waals surface area (Å²) >= 11 is 0. The largest absolute Gasteiger partial charge is 0.461 e. The minimum atomic E-state index is -4.18. The molecule has 0 spiro atoms. The molecule has 0 aliphatic carbocycles. The average molecular weight is 593 g/mol. The van der Waals surface area contributed by atoms with Crippen molar-refractivity contribution in [1.29, 1.82) is 0 Å². The molecule has 43 heavy (non-hydrogen) atoms. The van der Waals surface area contributed by atoms with E-state index in [0.29, 0.717) is 17.1 Å². The number of amides is 2. The molecule has 0 saturated heterocycles. The number of anilines is 1. The molecule has 0 bridgehead atoms. The highest BCUT2D eigenvalue weighted by Gasteiger charge is 2.22. The molecule has 0 atom stereocenters. The Morgan fingerprint density at radius 2 is 1.44 bits per heavy atom. The van der Waals surface area contributed by atoms with Crippen LogP contribution in [-0.2, 0) is 14.8 Å². The number of hydrogen-bond acceptors (Lipinski definition) is 6. The fourth-order valence-corrected chi connectivity index (χ4v) is 5.25. The van der Waals surface area contributed by atoms with Crippen LogP contribution < -0.4 is 10.0 Å². The third-order valence-corrected chi connectivity index (χ3v) is 7.66. The van der Waals surface area contributed by atoms with Crippen LogP contribution in [-0.4, -0.2) is 36.8 Å². The van der Waals surface area contributed by atoms with Gasteiger partial charge < -0.3 is 10.1 Å². The molecule has 0 aliphatic rings. The topological polar surface area (TPSA) is 119 Å². The van der Waals surface area contributed by atoms with E-state index in [0.717, 1.165) is 16.7 Å². The third kappa shape index (κ3) is 7.06. The molecule has 5 aromatic rings. The number of sulfonamides is 1. The van der Waals surface area contributed by atoms with Crippen LogP contribution in [0.1, 0.15) is 34.2 Å². The molecule has 2 N–H and O–H groups in total. The summed E-state index contributed by atoms with van der Waals surface area (Å²) in [4.78, 5) is 25.0. The molecule has 0 aliphatic heterocycles. The summed E-state index contributed by atoms with van der Waals surface area (Å²) in [6.07, 6.45) is 1.99. The van der Waals surface area contributed by atoms with Gasteiger partial charge >= 0.3 is 12.0 Å². The first kappa shape index (κ1) is 29.0. The fraction of sp³-hybridized carbons (Fsp3) is 0.0606. The van der Waals surface area contributed by atoms with Gasteiger partial charge in [-0.2, -0.15) is 5.10 Å². The van der Waals surface area contributed by atoms with Crippen molar-refractivity contribution >= 4 is 39.4 Å². The zero-order valence-electron chi connectivity index (χ0n) is 23.2. The molecular formula is C33H28N4O5S. The average Bonchev–Trinajstić information content (AvgIpc) is 3.47. The van der Waals surface area contributed by atoms with Gasteiger partial charge in [-0.3, -0.25) is 0 Å². The number of rotatable bonds is 9. The second-order valence-corrected chi connectivity index (χ2v) is 11.0. The molecule has 1 heterocycles. The Kier molecular flexibility index (Phi) is 8.78. The fourth-order valence-electron chi connectivity index (χ4n) is 4.34. The minimum Gasteiger partial charge on any atom is -0.461 e. The van der Waals surface area contributed by atoms with Crippen LogP contribution in [0.5, 0.6) is 0 Å². The van der Waals surface area contributed by atoms with Crippen LogP contribution in [0.3, 0.4) is 0 Å². The number of nitrogens with one attached hydrogen (secondary N) is 2. The predicted molar refractivity (Wildman–Crippen MR) is 165 cm³/mol. The summed E-state index contributed by atoms with van der Waals surface area (Å²) in [7, 11) is -4.18. The van der Waals surface area contributed by atoms with Gasteiger partial charge in [0.1, 0.15) is 0 Å². The van der Waals surface area contributed by atoms with Gasteiger partial charge in [0, 0.05) is 11.3 Å². The van der Waals surface area contributed by atoms with Gasteiger partial charge in [0.15, 0.2) is 5.69 Å². The Labute approximate surface area is 249 Å². The number of carbonyl (C=O) groups is 2. The van der Waals surface area contributed by atoms with Gasteiger partial charge in [0.25, 0.3) is 10.0 Å². The quantitative estimate of drug-likeness (QED) is 0.157. The van der Waals surface area contributed by atoms with Crippen LogP contribution >= 0.6 is 0 Å². The van der Waals surface area contributed by atoms with Crippen LogP contribution in [0.2, 0.25) is 0 Å². The zero-order valence-corrected chi connectivity index (χ0v) is 24.0. The molecule has 10 heteroatoms. The number of hydrogen-bond donors (Lipinski definition) is 2. The lowest BCUT2D eigenvalue weighted by atomic mass is 9.99. The van der Waals surface area contributed by atoms with Crippen molar-refractivity contribution in [2.75, 3.05) is 11.9 Å². The number of para-hydroxylation sites is 1. The second-order valence-electron chi connectivity index (χ2n) is 9.30. The minimum absolute atomic E-state index is 0.0997. The van der Waals surface area contributed by atoms with E-state index in [-0.39, 0.29) is 17.2 Å². The van der Waals surface area contributed by atoms with Gasteiger partial charge in [-0.1, -0.05) is 78.9 Å². The number of benzene rings is 4. The standard InChI is InChI=1S/C33H28N4O5S/c1-2-42-32(38)30-23-31(29(25-14-8-4-9-15-25)22-24-12-6-3-7-13-24)37(35-30)27-18-20-28(21-19-27)43(40,41)36-33(39)34-26-16-10-5-11-17-26/h3-23H,2H2,1H3,(H2,34,36,39)/b29-22+. The number of nitrogens with zero attached hydrogens (tertiary/aromatic N) is 2. The predicted octanol–water partition coefficient (Wildman–Crippen LogP) is 6.15. The number of aromatic nitrogens is 2. The number of urea groups is 1. The summed E-state index contributed by atoms with van der Waals surface area (Å²) in [5, 5.41) is 7.04. The summed E-state index contributed by atoms with van der Waals surface area (Å²) in [6, 6.07) is 34.5. The Morgan fingerprint density at radius 3 is 2.07 bits per heavy atom. The summed E-state index contributed by atoms with van der Waals surface area (Å²) in [6.45, 7) is 1.90. The molecule has 1 aromatic heterocycles. The van der Waals surface area contributed by atoms with E-state index in [2.05, 4.69) is 10.4 Å². The van der Waals surface area contributed by atoms with E-state index in [9.17, 15) is 18.0 Å². The SMILES string of the molecule is CCOC(=O)c1cc(/C(=C/c2ccccc2)c2ccccc2)n(-c2ccc(S(=O)(=O)NC(=O)Nc3ccccc3)cc2)n1. The van der Waals surface area contributed by atoms with Gasteiger partial charge in [-0.05, 0) is 66.6 Å². The van der Waals surface area contributed by atoms with Crippen LogP contribution in [0, 0.1) is 0 Å². The van der Waals surface area contributed by atoms with Crippen molar-refractivity contribution in [3.05, 3.63) is 144 Å². The summed E-state index contributed by atoms with van der Waals surface area (Å²) in [5.74, 6) is -0.581. The number of esters is 1. The van der Waals surface area contributed by atoms with E-state index in [1.54, 1.807) is 60.1 Å². The van der Waals surface area contributed by atoms with Crippen molar-refractivity contribution in [1.82, 2.24) is 14.5 Å². The van der Waals surface area contributed by atoms with E-state index in [1.165, 1.54) is 12.1 Å². The third-order valence-electron chi connectivity index (χ3n) is 6.32. The maximum absolute atomic E-state index is 12.9. The maximum atomic E-state index is 12.9. The molecule has 5 rings (SSSR count). The Balaban J connectivity index is 1.52. The highest BCUT2D eigenvalue weighted by Crippen LogP contribution is 2.29. The highest BCUT2D eigenvalue weighted by molar-refractivity contribution is 7.90. The molecule has 0 saturated carbocycles. The van der Waals surface area contributed by atoms with Crippen molar-refractivity contribution in [3.63, 3.8) is 0 Å². The van der Waals surface area contributed by atoms with Crippen LogP contribution in [0.25, 0.3) is 17.3 Å². The Bertz CT molecular complexity index is 1850. The smallest absolute Gasteiger partial charge is 0.358 e.